The number of hydrogen-bond donors (Lipinski definition) is 1. The lowest BCUT2D eigenvalue weighted by Gasteiger charge is -2.38. The largest absolute Gasteiger partial charge is 0.491 e. The molecule has 0 aromatic heterocycles. The molecule has 4 nitrogen and oxygen atoms in total. The van der Waals surface area contributed by atoms with Crippen LogP contribution in [-0.4, -0.2) is 12.0 Å². The molecule has 4 rings (SSSR count). The molecule has 1 amide bonds. The van der Waals surface area contributed by atoms with E-state index in [1.165, 1.54) is 5.56 Å². The van der Waals surface area contributed by atoms with Gasteiger partial charge in [-0.1, -0.05) is 49.4 Å². The lowest BCUT2D eigenvalue weighted by atomic mass is 10.0. The number of ether oxygens (including phenoxy) is 1. The minimum Gasteiger partial charge on any atom is -0.491 e. The molecule has 1 aliphatic heterocycles. The van der Waals surface area contributed by atoms with Crippen molar-refractivity contribution in [1.29, 1.82) is 0 Å². The Morgan fingerprint density at radius 3 is 2.38 bits per heavy atom. The molecule has 0 unspecified atom stereocenters. The summed E-state index contributed by atoms with van der Waals surface area (Å²) in [5.74, 6) is 0.760. The van der Waals surface area contributed by atoms with E-state index in [2.05, 4.69) is 24.4 Å². The predicted octanol–water partition coefficient (Wildman–Crippen LogP) is 5.81. The normalized spacial score (nSPS) is 15.8. The van der Waals surface area contributed by atoms with Crippen molar-refractivity contribution in [2.45, 2.75) is 39.5 Å². The minimum absolute atomic E-state index is 0.0204. The number of nitrogens with one attached hydrogen (secondary N) is 1. The number of para-hydroxylation sites is 2. The Morgan fingerprint density at radius 1 is 0.966 bits per heavy atom. The van der Waals surface area contributed by atoms with E-state index >= 15 is 0 Å². The highest BCUT2D eigenvalue weighted by molar-refractivity contribution is 6.12. The lowest BCUT2D eigenvalue weighted by Crippen LogP contribution is -2.43. The van der Waals surface area contributed by atoms with Gasteiger partial charge < -0.3 is 10.1 Å². The SMILES string of the molecule is CCc1ccc(N2C(=O)c3ccccc3N[C@@H]2c2ccccc2OC(C)C)cc1. The molecule has 0 bridgehead atoms. The number of nitrogens with zero attached hydrogens (tertiary/aromatic N) is 1. The Hall–Kier alpha value is -3.27. The van der Waals surface area contributed by atoms with E-state index in [0.29, 0.717) is 5.56 Å². The van der Waals surface area contributed by atoms with Gasteiger partial charge in [0.25, 0.3) is 5.91 Å². The summed E-state index contributed by atoms with van der Waals surface area (Å²) >= 11 is 0. The molecule has 0 saturated heterocycles. The smallest absolute Gasteiger partial charge is 0.262 e. The number of carbonyl (C=O) groups is 1. The van der Waals surface area contributed by atoms with E-state index < -0.39 is 0 Å². The van der Waals surface area contributed by atoms with Gasteiger partial charge >= 0.3 is 0 Å². The van der Waals surface area contributed by atoms with Crippen LogP contribution >= 0.6 is 0 Å². The second kappa shape index (κ2) is 8.00. The third kappa shape index (κ3) is 3.70. The zero-order valence-corrected chi connectivity index (χ0v) is 17.1. The fourth-order valence-corrected chi connectivity index (χ4v) is 3.70. The summed E-state index contributed by atoms with van der Waals surface area (Å²) in [4.78, 5) is 15.4. The van der Waals surface area contributed by atoms with Gasteiger partial charge in [0, 0.05) is 16.9 Å². The molecule has 1 heterocycles. The molecule has 0 spiro atoms. The van der Waals surface area contributed by atoms with Crippen molar-refractivity contribution in [3.8, 4) is 5.75 Å². The van der Waals surface area contributed by atoms with Gasteiger partial charge in [-0.15, -0.1) is 0 Å². The molecule has 0 aliphatic carbocycles. The molecule has 0 fully saturated rings. The van der Waals surface area contributed by atoms with E-state index in [9.17, 15) is 4.79 Å². The fourth-order valence-electron chi connectivity index (χ4n) is 3.70. The number of anilines is 2. The highest BCUT2D eigenvalue weighted by Crippen LogP contribution is 2.39. The van der Waals surface area contributed by atoms with Crippen LogP contribution in [-0.2, 0) is 6.42 Å². The summed E-state index contributed by atoms with van der Waals surface area (Å²) in [7, 11) is 0. The summed E-state index contributed by atoms with van der Waals surface area (Å²) in [5, 5.41) is 3.56. The first kappa shape index (κ1) is 19.1. The number of carbonyl (C=O) groups excluding carboxylic acids is 1. The number of rotatable bonds is 5. The summed E-state index contributed by atoms with van der Waals surface area (Å²) in [6.45, 7) is 6.14. The Kier molecular flexibility index (Phi) is 5.26. The Bertz CT molecular complexity index is 1010. The first-order chi connectivity index (χ1) is 14.1. The third-order valence-corrected chi connectivity index (χ3v) is 5.13. The maximum atomic E-state index is 13.5. The maximum Gasteiger partial charge on any atom is 0.262 e. The van der Waals surface area contributed by atoms with Crippen LogP contribution in [0.2, 0.25) is 0 Å². The van der Waals surface area contributed by atoms with Crippen molar-refractivity contribution in [3.05, 3.63) is 89.5 Å². The van der Waals surface area contributed by atoms with E-state index in [0.717, 1.165) is 29.1 Å². The van der Waals surface area contributed by atoms with Crippen molar-refractivity contribution in [2.24, 2.45) is 0 Å². The second-order valence-electron chi connectivity index (χ2n) is 7.49. The highest BCUT2D eigenvalue weighted by Gasteiger charge is 2.35. The van der Waals surface area contributed by atoms with Crippen molar-refractivity contribution in [1.82, 2.24) is 0 Å². The predicted molar refractivity (Wildman–Crippen MR) is 118 cm³/mol. The Labute approximate surface area is 172 Å². The first-order valence-corrected chi connectivity index (χ1v) is 10.1. The van der Waals surface area contributed by atoms with Gasteiger partial charge in [0.2, 0.25) is 0 Å². The molecule has 3 aromatic rings. The van der Waals surface area contributed by atoms with Crippen molar-refractivity contribution >= 4 is 17.3 Å². The molecule has 0 saturated carbocycles. The molecule has 29 heavy (non-hydrogen) atoms. The van der Waals surface area contributed by atoms with E-state index in [1.54, 1.807) is 0 Å². The van der Waals surface area contributed by atoms with Gasteiger partial charge in [0.1, 0.15) is 11.9 Å². The summed E-state index contributed by atoms with van der Waals surface area (Å²) < 4.78 is 6.06. The monoisotopic (exact) mass is 386 g/mol. The quantitative estimate of drug-likeness (QED) is 0.602. The zero-order chi connectivity index (χ0) is 20.4. The molecule has 1 aliphatic rings. The van der Waals surface area contributed by atoms with Crippen molar-refractivity contribution < 1.29 is 9.53 Å². The highest BCUT2D eigenvalue weighted by atomic mass is 16.5. The molecule has 3 aromatic carbocycles. The van der Waals surface area contributed by atoms with Crippen molar-refractivity contribution in [2.75, 3.05) is 10.2 Å². The standard InChI is InChI=1S/C25H26N2O2/c1-4-18-13-15-19(16-14-18)27-24(21-10-6-8-12-23(21)29-17(2)3)26-22-11-7-5-9-20(22)25(27)28/h5-17,24,26H,4H2,1-3H3/t24-/m0/s1. The van der Waals surface area contributed by atoms with E-state index in [1.807, 2.05) is 79.4 Å². The first-order valence-electron chi connectivity index (χ1n) is 10.1. The average molecular weight is 386 g/mol. The molecule has 1 atom stereocenters. The molecule has 1 N–H and O–H groups in total. The van der Waals surface area contributed by atoms with Crippen LogP contribution in [0.15, 0.2) is 72.8 Å². The molecule has 0 radical (unpaired) electrons. The van der Waals surface area contributed by atoms with Crippen LogP contribution < -0.4 is 15.0 Å². The van der Waals surface area contributed by atoms with Gasteiger partial charge in [-0.2, -0.15) is 0 Å². The average Bonchev–Trinajstić information content (AvgIpc) is 2.74. The van der Waals surface area contributed by atoms with Crippen molar-refractivity contribution in [3.63, 3.8) is 0 Å². The lowest BCUT2D eigenvalue weighted by molar-refractivity contribution is 0.0974. The molecular formula is C25H26N2O2. The Balaban J connectivity index is 1.84. The topological polar surface area (TPSA) is 41.6 Å². The molecule has 4 heteroatoms. The van der Waals surface area contributed by atoms with Gasteiger partial charge in [0.15, 0.2) is 0 Å². The van der Waals surface area contributed by atoms with Crippen LogP contribution in [0.3, 0.4) is 0 Å². The van der Waals surface area contributed by atoms with Gasteiger partial charge in [-0.3, -0.25) is 9.69 Å². The van der Waals surface area contributed by atoms with Gasteiger partial charge in [-0.05, 0) is 56.2 Å². The van der Waals surface area contributed by atoms with Crippen LogP contribution in [0.25, 0.3) is 0 Å². The van der Waals surface area contributed by atoms with Crippen LogP contribution in [0.1, 0.15) is 48.4 Å². The van der Waals surface area contributed by atoms with Crippen LogP contribution in [0.4, 0.5) is 11.4 Å². The zero-order valence-electron chi connectivity index (χ0n) is 17.1. The summed E-state index contributed by atoms with van der Waals surface area (Å²) in [6, 6.07) is 23.8. The number of amides is 1. The minimum atomic E-state index is -0.361. The van der Waals surface area contributed by atoms with Crippen LogP contribution in [0.5, 0.6) is 5.75 Å². The maximum absolute atomic E-state index is 13.5. The number of benzene rings is 3. The van der Waals surface area contributed by atoms with Crippen LogP contribution in [0, 0.1) is 0 Å². The Morgan fingerprint density at radius 2 is 1.66 bits per heavy atom. The summed E-state index contributed by atoms with van der Waals surface area (Å²) in [5.41, 5.74) is 4.54. The summed E-state index contributed by atoms with van der Waals surface area (Å²) in [6.07, 6.45) is 0.643. The second-order valence-corrected chi connectivity index (χ2v) is 7.49. The van der Waals surface area contributed by atoms with Gasteiger partial charge in [0.05, 0.1) is 11.7 Å². The molecular weight excluding hydrogens is 360 g/mol. The van der Waals surface area contributed by atoms with E-state index in [-0.39, 0.29) is 18.2 Å². The third-order valence-electron chi connectivity index (χ3n) is 5.13. The molecule has 148 valence electrons. The fraction of sp³-hybridized carbons (Fsp3) is 0.240. The number of fused-ring (bicyclic) bond motifs is 1. The number of aryl methyl sites for hydroxylation is 1. The van der Waals surface area contributed by atoms with Gasteiger partial charge in [-0.25, -0.2) is 0 Å². The van der Waals surface area contributed by atoms with E-state index in [4.69, 9.17) is 4.74 Å². The number of hydrogen-bond acceptors (Lipinski definition) is 3.